The number of halogens is 2. The van der Waals surface area contributed by atoms with Crippen LogP contribution in [0.25, 0.3) is 0 Å². The van der Waals surface area contributed by atoms with Crippen LogP contribution < -0.4 is 9.47 Å². The summed E-state index contributed by atoms with van der Waals surface area (Å²) in [6.45, 7) is 0. The van der Waals surface area contributed by atoms with E-state index in [1.54, 1.807) is 30.3 Å². The van der Waals surface area contributed by atoms with E-state index in [0.717, 1.165) is 0 Å². The van der Waals surface area contributed by atoms with E-state index in [-0.39, 0.29) is 12.2 Å². The van der Waals surface area contributed by atoms with Gasteiger partial charge in [0.15, 0.2) is 5.78 Å². The van der Waals surface area contributed by atoms with Crippen LogP contribution in [0.2, 0.25) is 0 Å². The van der Waals surface area contributed by atoms with Gasteiger partial charge in [-0.2, -0.15) is 0 Å². The molecule has 0 amide bonds. The lowest BCUT2D eigenvalue weighted by atomic mass is 10.0. The van der Waals surface area contributed by atoms with Gasteiger partial charge in [0.2, 0.25) is 0 Å². The van der Waals surface area contributed by atoms with Gasteiger partial charge in [-0.25, -0.2) is 4.39 Å². The number of ether oxygens (including phenoxy) is 2. The second kappa shape index (κ2) is 6.72. The third-order valence-corrected chi connectivity index (χ3v) is 3.70. The van der Waals surface area contributed by atoms with E-state index in [0.29, 0.717) is 27.1 Å². The van der Waals surface area contributed by atoms with Gasteiger partial charge >= 0.3 is 0 Å². The Balaban J connectivity index is 2.37. The average molecular weight is 353 g/mol. The third kappa shape index (κ3) is 3.42. The predicted molar refractivity (Wildman–Crippen MR) is 81.7 cm³/mol. The molecule has 110 valence electrons. The SMILES string of the molecule is COc1cc(Br)c(C(=O)Cc2ccccc2F)c(OC)c1. The lowest BCUT2D eigenvalue weighted by molar-refractivity contribution is 0.0988. The first-order chi connectivity index (χ1) is 10.1. The smallest absolute Gasteiger partial charge is 0.172 e. The number of hydrogen-bond acceptors (Lipinski definition) is 3. The zero-order chi connectivity index (χ0) is 15.4. The van der Waals surface area contributed by atoms with Crippen LogP contribution in [0.3, 0.4) is 0 Å². The van der Waals surface area contributed by atoms with Gasteiger partial charge in [0, 0.05) is 17.0 Å². The Hall–Kier alpha value is -1.88. The molecule has 0 N–H and O–H groups in total. The van der Waals surface area contributed by atoms with Gasteiger partial charge in [0.25, 0.3) is 0 Å². The van der Waals surface area contributed by atoms with E-state index in [2.05, 4.69) is 15.9 Å². The summed E-state index contributed by atoms with van der Waals surface area (Å²) in [6.07, 6.45) is -0.0338. The number of carbonyl (C=O) groups is 1. The van der Waals surface area contributed by atoms with Gasteiger partial charge in [-0.15, -0.1) is 0 Å². The second-order valence-corrected chi connectivity index (χ2v) is 5.23. The van der Waals surface area contributed by atoms with Gasteiger partial charge in [-0.1, -0.05) is 18.2 Å². The first kappa shape index (κ1) is 15.5. The molecule has 0 saturated carbocycles. The monoisotopic (exact) mass is 352 g/mol. The zero-order valence-electron chi connectivity index (χ0n) is 11.7. The average Bonchev–Trinajstić information content (AvgIpc) is 2.48. The Morgan fingerprint density at radius 1 is 1.19 bits per heavy atom. The number of ketones is 1. The van der Waals surface area contributed by atoms with Crippen LogP contribution in [-0.2, 0) is 6.42 Å². The molecular formula is C16H14BrFO3. The molecule has 0 aliphatic heterocycles. The fourth-order valence-electron chi connectivity index (χ4n) is 2.01. The molecule has 0 saturated heterocycles. The first-order valence-corrected chi connectivity index (χ1v) is 7.04. The number of Topliss-reactive ketones (excluding diaryl/α,β-unsaturated/α-hetero) is 1. The van der Waals surface area contributed by atoms with Crippen LogP contribution in [0.5, 0.6) is 11.5 Å². The number of methoxy groups -OCH3 is 2. The fraction of sp³-hybridized carbons (Fsp3) is 0.188. The van der Waals surface area contributed by atoms with Crippen LogP contribution in [0.1, 0.15) is 15.9 Å². The van der Waals surface area contributed by atoms with Crippen molar-refractivity contribution in [3.05, 3.63) is 57.8 Å². The van der Waals surface area contributed by atoms with E-state index in [9.17, 15) is 9.18 Å². The van der Waals surface area contributed by atoms with Crippen molar-refractivity contribution in [2.75, 3.05) is 14.2 Å². The Bertz CT molecular complexity index is 671. The van der Waals surface area contributed by atoms with Crippen molar-refractivity contribution < 1.29 is 18.7 Å². The van der Waals surface area contributed by atoms with Crippen molar-refractivity contribution in [2.45, 2.75) is 6.42 Å². The van der Waals surface area contributed by atoms with E-state index >= 15 is 0 Å². The Kier molecular flexibility index (Phi) is 4.96. The van der Waals surface area contributed by atoms with E-state index in [1.165, 1.54) is 20.3 Å². The molecule has 0 atom stereocenters. The molecule has 2 rings (SSSR count). The maximum Gasteiger partial charge on any atom is 0.172 e. The van der Waals surface area contributed by atoms with Gasteiger partial charge in [0.05, 0.1) is 19.8 Å². The number of hydrogen-bond donors (Lipinski definition) is 0. The molecule has 0 aromatic heterocycles. The summed E-state index contributed by atoms with van der Waals surface area (Å²) in [5.41, 5.74) is 0.730. The molecule has 0 bridgehead atoms. The molecule has 3 nitrogen and oxygen atoms in total. The zero-order valence-corrected chi connectivity index (χ0v) is 13.2. The minimum atomic E-state index is -0.394. The molecule has 0 spiro atoms. The highest BCUT2D eigenvalue weighted by molar-refractivity contribution is 9.10. The van der Waals surface area contributed by atoms with Crippen molar-refractivity contribution in [1.82, 2.24) is 0 Å². The molecule has 0 radical (unpaired) electrons. The predicted octanol–water partition coefficient (Wildman–Crippen LogP) is 4.03. The van der Waals surface area contributed by atoms with Gasteiger partial charge in [-0.3, -0.25) is 4.79 Å². The van der Waals surface area contributed by atoms with Crippen molar-refractivity contribution in [1.29, 1.82) is 0 Å². The van der Waals surface area contributed by atoms with E-state index < -0.39 is 5.82 Å². The molecule has 0 fully saturated rings. The van der Waals surface area contributed by atoms with Gasteiger partial charge in [-0.05, 0) is 33.6 Å². The largest absolute Gasteiger partial charge is 0.497 e. The Morgan fingerprint density at radius 2 is 1.90 bits per heavy atom. The Morgan fingerprint density at radius 3 is 2.52 bits per heavy atom. The number of benzene rings is 2. The van der Waals surface area contributed by atoms with E-state index in [1.807, 2.05) is 0 Å². The van der Waals surface area contributed by atoms with E-state index in [4.69, 9.17) is 9.47 Å². The highest BCUT2D eigenvalue weighted by Crippen LogP contribution is 2.33. The summed E-state index contributed by atoms with van der Waals surface area (Å²) in [5, 5.41) is 0. The minimum absolute atomic E-state index is 0.0338. The summed E-state index contributed by atoms with van der Waals surface area (Å²) in [4.78, 5) is 12.4. The Labute approximate surface area is 130 Å². The third-order valence-electron chi connectivity index (χ3n) is 3.07. The topological polar surface area (TPSA) is 35.5 Å². The molecule has 2 aromatic rings. The molecule has 2 aromatic carbocycles. The summed E-state index contributed by atoms with van der Waals surface area (Å²) in [7, 11) is 3.00. The van der Waals surface area contributed by atoms with Crippen LogP contribution >= 0.6 is 15.9 Å². The molecule has 0 aliphatic carbocycles. The standard InChI is InChI=1S/C16H14BrFO3/c1-20-11-8-12(17)16(15(9-11)21-2)14(19)7-10-5-3-4-6-13(10)18/h3-6,8-9H,7H2,1-2H3. The molecule has 0 heterocycles. The second-order valence-electron chi connectivity index (χ2n) is 4.38. The minimum Gasteiger partial charge on any atom is -0.497 e. The molecular weight excluding hydrogens is 339 g/mol. The number of rotatable bonds is 5. The van der Waals surface area contributed by atoms with Crippen LogP contribution in [0.4, 0.5) is 4.39 Å². The van der Waals surface area contributed by atoms with Gasteiger partial charge in [0.1, 0.15) is 17.3 Å². The molecule has 0 unspecified atom stereocenters. The fourth-order valence-corrected chi connectivity index (χ4v) is 2.65. The molecule has 21 heavy (non-hydrogen) atoms. The van der Waals surface area contributed by atoms with Crippen molar-refractivity contribution >= 4 is 21.7 Å². The summed E-state index contributed by atoms with van der Waals surface area (Å²) < 4.78 is 24.6. The summed E-state index contributed by atoms with van der Waals surface area (Å²) in [5.74, 6) is 0.338. The molecule has 0 aliphatic rings. The van der Waals surface area contributed by atoms with Crippen molar-refractivity contribution in [3.8, 4) is 11.5 Å². The van der Waals surface area contributed by atoms with Gasteiger partial charge < -0.3 is 9.47 Å². The molecule has 5 heteroatoms. The highest BCUT2D eigenvalue weighted by atomic mass is 79.9. The quantitative estimate of drug-likeness (QED) is 0.762. The number of carbonyl (C=O) groups excluding carboxylic acids is 1. The van der Waals surface area contributed by atoms with Crippen molar-refractivity contribution in [3.63, 3.8) is 0 Å². The van der Waals surface area contributed by atoms with Crippen molar-refractivity contribution in [2.24, 2.45) is 0 Å². The maximum absolute atomic E-state index is 13.7. The lowest BCUT2D eigenvalue weighted by Gasteiger charge is -2.12. The normalized spacial score (nSPS) is 10.3. The highest BCUT2D eigenvalue weighted by Gasteiger charge is 2.19. The van der Waals surface area contributed by atoms with Crippen LogP contribution in [0, 0.1) is 5.82 Å². The lowest BCUT2D eigenvalue weighted by Crippen LogP contribution is -2.08. The first-order valence-electron chi connectivity index (χ1n) is 6.25. The maximum atomic E-state index is 13.7. The summed E-state index contributed by atoms with van der Waals surface area (Å²) >= 11 is 3.34. The van der Waals surface area contributed by atoms with Crippen LogP contribution in [0.15, 0.2) is 40.9 Å². The summed E-state index contributed by atoms with van der Waals surface area (Å²) in [6, 6.07) is 9.52. The van der Waals surface area contributed by atoms with Crippen LogP contribution in [-0.4, -0.2) is 20.0 Å².